The van der Waals surface area contributed by atoms with E-state index in [9.17, 15) is 8.78 Å². The van der Waals surface area contributed by atoms with E-state index in [1.807, 2.05) is 30.5 Å². The van der Waals surface area contributed by atoms with Gasteiger partial charge in [-0.1, -0.05) is 18.2 Å². The van der Waals surface area contributed by atoms with Crippen LogP contribution in [0.5, 0.6) is 0 Å². The van der Waals surface area contributed by atoms with Gasteiger partial charge in [-0.3, -0.25) is 0 Å². The minimum absolute atomic E-state index is 0.0735. The lowest BCUT2D eigenvalue weighted by Gasteiger charge is -2.19. The Balaban J connectivity index is 2.49. The average molecular weight is 293 g/mol. The van der Waals surface area contributed by atoms with E-state index < -0.39 is 17.7 Å². The molecule has 1 N–H and O–H groups in total. The number of nitrogens with one attached hydrogen (secondary N) is 1. The van der Waals surface area contributed by atoms with Gasteiger partial charge in [0.1, 0.15) is 11.6 Å². The summed E-state index contributed by atoms with van der Waals surface area (Å²) >= 11 is 1.63. The standard InChI is InChI=1S/C16H17F2NS/c1-10-4-9-13(17)14(15(10)18)16(19-2)11-5-7-12(20-3)8-6-11/h4-9,16,19H,1-3H3. The topological polar surface area (TPSA) is 12.0 Å². The summed E-state index contributed by atoms with van der Waals surface area (Å²) in [5.74, 6) is -1.01. The maximum atomic E-state index is 14.2. The van der Waals surface area contributed by atoms with Gasteiger partial charge in [0.2, 0.25) is 0 Å². The van der Waals surface area contributed by atoms with Gasteiger partial charge in [0, 0.05) is 10.5 Å². The smallest absolute Gasteiger partial charge is 0.134 e. The van der Waals surface area contributed by atoms with Crippen LogP contribution in [0.2, 0.25) is 0 Å². The van der Waals surface area contributed by atoms with E-state index in [4.69, 9.17) is 0 Å². The van der Waals surface area contributed by atoms with Crippen LogP contribution in [-0.4, -0.2) is 13.3 Å². The van der Waals surface area contributed by atoms with Gasteiger partial charge < -0.3 is 5.32 Å². The maximum Gasteiger partial charge on any atom is 0.134 e. The molecule has 20 heavy (non-hydrogen) atoms. The molecule has 1 atom stereocenters. The lowest BCUT2D eigenvalue weighted by Crippen LogP contribution is -2.20. The Kier molecular flexibility index (Phi) is 4.78. The third-order valence-electron chi connectivity index (χ3n) is 3.35. The second kappa shape index (κ2) is 6.37. The molecule has 106 valence electrons. The molecule has 2 aromatic rings. The molecule has 0 heterocycles. The first-order valence-electron chi connectivity index (χ1n) is 6.34. The van der Waals surface area contributed by atoms with Crippen molar-refractivity contribution in [3.63, 3.8) is 0 Å². The van der Waals surface area contributed by atoms with E-state index >= 15 is 0 Å². The number of halogens is 2. The van der Waals surface area contributed by atoms with E-state index in [-0.39, 0.29) is 5.56 Å². The summed E-state index contributed by atoms with van der Waals surface area (Å²) in [6.45, 7) is 1.64. The number of benzene rings is 2. The van der Waals surface area contributed by atoms with Crippen LogP contribution in [0, 0.1) is 18.6 Å². The van der Waals surface area contributed by atoms with E-state index in [1.165, 1.54) is 12.1 Å². The lowest BCUT2D eigenvalue weighted by atomic mass is 9.96. The molecule has 0 bridgehead atoms. The lowest BCUT2D eigenvalue weighted by molar-refractivity contribution is 0.517. The van der Waals surface area contributed by atoms with Crippen molar-refractivity contribution in [3.8, 4) is 0 Å². The van der Waals surface area contributed by atoms with Gasteiger partial charge in [-0.15, -0.1) is 11.8 Å². The molecular weight excluding hydrogens is 276 g/mol. The fourth-order valence-corrected chi connectivity index (χ4v) is 2.63. The number of hydrogen-bond acceptors (Lipinski definition) is 2. The van der Waals surface area contributed by atoms with Crippen LogP contribution in [0.1, 0.15) is 22.7 Å². The second-order valence-corrected chi connectivity index (χ2v) is 5.47. The molecular formula is C16H17F2NS. The maximum absolute atomic E-state index is 14.2. The van der Waals surface area contributed by atoms with Crippen LogP contribution in [0.4, 0.5) is 8.78 Å². The van der Waals surface area contributed by atoms with E-state index in [0.29, 0.717) is 5.56 Å². The van der Waals surface area contributed by atoms with Gasteiger partial charge in [-0.25, -0.2) is 8.78 Å². The van der Waals surface area contributed by atoms with Crippen LogP contribution in [0.3, 0.4) is 0 Å². The van der Waals surface area contributed by atoms with Crippen molar-refractivity contribution < 1.29 is 8.78 Å². The van der Waals surface area contributed by atoms with E-state index in [1.54, 1.807) is 25.7 Å². The second-order valence-electron chi connectivity index (χ2n) is 4.59. The summed E-state index contributed by atoms with van der Waals surface area (Å²) in [5.41, 5.74) is 1.36. The molecule has 0 aromatic heterocycles. The summed E-state index contributed by atoms with van der Waals surface area (Å²) in [5, 5.41) is 2.99. The van der Waals surface area contributed by atoms with Gasteiger partial charge in [0.15, 0.2) is 0 Å². The minimum Gasteiger partial charge on any atom is -0.309 e. The Labute approximate surface area is 122 Å². The molecule has 1 nitrogen and oxygen atoms in total. The highest BCUT2D eigenvalue weighted by atomic mass is 32.2. The zero-order valence-corrected chi connectivity index (χ0v) is 12.5. The molecule has 4 heteroatoms. The van der Waals surface area contributed by atoms with Crippen LogP contribution >= 0.6 is 11.8 Å². The van der Waals surface area contributed by atoms with Gasteiger partial charge >= 0.3 is 0 Å². The number of rotatable bonds is 4. The highest BCUT2D eigenvalue weighted by molar-refractivity contribution is 7.98. The molecule has 0 radical (unpaired) electrons. The van der Waals surface area contributed by atoms with Crippen LogP contribution in [-0.2, 0) is 0 Å². The fraction of sp³-hybridized carbons (Fsp3) is 0.250. The summed E-state index contributed by atoms with van der Waals surface area (Å²) in [4.78, 5) is 1.12. The predicted molar refractivity (Wildman–Crippen MR) is 80.2 cm³/mol. The Morgan fingerprint density at radius 2 is 1.70 bits per heavy atom. The Bertz CT molecular complexity index is 596. The highest BCUT2D eigenvalue weighted by Crippen LogP contribution is 2.29. The van der Waals surface area contributed by atoms with Crippen molar-refractivity contribution in [1.29, 1.82) is 0 Å². The molecule has 0 saturated carbocycles. The van der Waals surface area contributed by atoms with Crippen molar-refractivity contribution >= 4 is 11.8 Å². The third kappa shape index (κ3) is 2.86. The highest BCUT2D eigenvalue weighted by Gasteiger charge is 2.21. The molecule has 2 aromatic carbocycles. The van der Waals surface area contributed by atoms with Crippen LogP contribution in [0.15, 0.2) is 41.3 Å². The van der Waals surface area contributed by atoms with Crippen molar-refractivity contribution in [2.75, 3.05) is 13.3 Å². The van der Waals surface area contributed by atoms with E-state index in [0.717, 1.165) is 10.5 Å². The first kappa shape index (κ1) is 15.0. The quantitative estimate of drug-likeness (QED) is 0.843. The van der Waals surface area contributed by atoms with Gasteiger partial charge in [-0.2, -0.15) is 0 Å². The zero-order chi connectivity index (χ0) is 14.7. The molecule has 0 aliphatic carbocycles. The number of thioether (sulfide) groups is 1. The molecule has 0 fully saturated rings. The molecule has 1 unspecified atom stereocenters. The van der Waals surface area contributed by atoms with Gasteiger partial charge in [0.25, 0.3) is 0 Å². The molecule has 0 amide bonds. The summed E-state index contributed by atoms with van der Waals surface area (Å²) < 4.78 is 28.3. The largest absolute Gasteiger partial charge is 0.309 e. The molecule has 0 aliphatic heterocycles. The molecule has 2 rings (SSSR count). The molecule has 0 saturated heterocycles. The van der Waals surface area contributed by atoms with Crippen molar-refractivity contribution in [1.82, 2.24) is 5.32 Å². The number of hydrogen-bond donors (Lipinski definition) is 1. The monoisotopic (exact) mass is 293 g/mol. The average Bonchev–Trinajstić information content (AvgIpc) is 2.48. The minimum atomic E-state index is -0.526. The van der Waals surface area contributed by atoms with Gasteiger partial charge in [-0.05, 0) is 49.6 Å². The van der Waals surface area contributed by atoms with Crippen molar-refractivity contribution in [2.45, 2.75) is 17.9 Å². The summed E-state index contributed by atoms with van der Waals surface area (Å²) in [7, 11) is 1.70. The third-order valence-corrected chi connectivity index (χ3v) is 4.09. The van der Waals surface area contributed by atoms with E-state index in [2.05, 4.69) is 5.32 Å². The Hall–Kier alpha value is -1.39. The normalized spacial score (nSPS) is 12.4. The molecule has 0 aliphatic rings. The van der Waals surface area contributed by atoms with Gasteiger partial charge in [0.05, 0.1) is 6.04 Å². The number of aryl methyl sites for hydroxylation is 1. The van der Waals surface area contributed by atoms with Crippen molar-refractivity contribution in [2.24, 2.45) is 0 Å². The fourth-order valence-electron chi connectivity index (χ4n) is 2.22. The van der Waals surface area contributed by atoms with Crippen LogP contribution in [0.25, 0.3) is 0 Å². The summed E-state index contributed by atoms with van der Waals surface area (Å²) in [6, 6.07) is 9.98. The molecule has 0 spiro atoms. The first-order valence-corrected chi connectivity index (χ1v) is 7.56. The predicted octanol–water partition coefficient (Wildman–Crippen LogP) is 4.30. The first-order chi connectivity index (χ1) is 9.58. The zero-order valence-electron chi connectivity index (χ0n) is 11.7. The Morgan fingerprint density at radius 3 is 2.25 bits per heavy atom. The Morgan fingerprint density at radius 1 is 1.05 bits per heavy atom. The summed E-state index contributed by atoms with van der Waals surface area (Å²) in [6.07, 6.45) is 1.99. The SMILES string of the molecule is CNC(c1ccc(SC)cc1)c1c(F)ccc(C)c1F. The van der Waals surface area contributed by atoms with Crippen LogP contribution < -0.4 is 5.32 Å². The van der Waals surface area contributed by atoms with Crippen molar-refractivity contribution in [3.05, 3.63) is 64.7 Å².